The zero-order chi connectivity index (χ0) is 17.9. The van der Waals surface area contributed by atoms with Crippen LogP contribution in [0.4, 0.5) is 11.4 Å². The molecule has 0 aliphatic heterocycles. The first-order valence-corrected chi connectivity index (χ1v) is 8.42. The van der Waals surface area contributed by atoms with Crippen molar-refractivity contribution in [1.29, 1.82) is 0 Å². The number of fused-ring (bicyclic) bond motifs is 1. The zero-order valence-electron chi connectivity index (χ0n) is 14.4. The number of hydrogen-bond acceptors (Lipinski definition) is 3. The number of benzene rings is 3. The van der Waals surface area contributed by atoms with E-state index in [-0.39, 0.29) is 5.69 Å². The average Bonchev–Trinajstić information content (AvgIpc) is 3.06. The molecule has 0 unspecified atom stereocenters. The molecule has 3 aromatic carbocycles. The Labute approximate surface area is 150 Å². The van der Waals surface area contributed by atoms with E-state index in [0.29, 0.717) is 6.61 Å². The summed E-state index contributed by atoms with van der Waals surface area (Å²) >= 11 is 0. The molecule has 1 heterocycles. The third-order valence-corrected chi connectivity index (χ3v) is 4.35. The van der Waals surface area contributed by atoms with Crippen molar-refractivity contribution in [2.75, 3.05) is 11.9 Å². The highest BCUT2D eigenvalue weighted by Gasteiger charge is 2.11. The van der Waals surface area contributed by atoms with Crippen molar-refractivity contribution < 1.29 is 4.74 Å². The van der Waals surface area contributed by atoms with Crippen LogP contribution in [0.5, 0.6) is 5.75 Å². The van der Waals surface area contributed by atoms with Gasteiger partial charge in [0, 0.05) is 12.7 Å². The third kappa shape index (κ3) is 3.19. The monoisotopic (exact) mass is 345 g/mol. The van der Waals surface area contributed by atoms with Crippen molar-refractivity contribution >= 4 is 22.4 Å². The lowest BCUT2D eigenvalue weighted by molar-refractivity contribution is 0.307. The summed E-state index contributed by atoms with van der Waals surface area (Å²) in [5.74, 6) is 0.807. The Balaban J connectivity index is 1.62. The van der Waals surface area contributed by atoms with Crippen molar-refractivity contribution in [1.82, 2.24) is 9.97 Å². The summed E-state index contributed by atoms with van der Waals surface area (Å²) in [6.45, 7) is 0.510. The van der Waals surface area contributed by atoms with Crippen molar-refractivity contribution in [2.24, 2.45) is 0 Å². The molecule has 0 fully saturated rings. The van der Waals surface area contributed by atoms with E-state index in [4.69, 9.17) is 4.74 Å². The fourth-order valence-corrected chi connectivity index (χ4v) is 2.96. The van der Waals surface area contributed by atoms with E-state index < -0.39 is 0 Å². The van der Waals surface area contributed by atoms with Crippen LogP contribution in [0.3, 0.4) is 0 Å². The molecule has 0 atom stereocenters. The molecule has 0 bridgehead atoms. The quantitative estimate of drug-likeness (QED) is 0.570. The molecule has 5 nitrogen and oxygen atoms in total. The number of H-pyrrole nitrogens is 2. The molecular formula is C21H19N3O2. The third-order valence-electron chi connectivity index (χ3n) is 4.35. The molecule has 4 rings (SSSR count). The molecule has 5 heteroatoms. The molecule has 0 radical (unpaired) electrons. The molecule has 0 saturated carbocycles. The van der Waals surface area contributed by atoms with Gasteiger partial charge in [0.15, 0.2) is 0 Å². The standard InChI is InChI=1S/C21H19N3O2/c1-24(16-11-12-17-18(13-16)23-21(25)22-17)19-9-5-6-10-20(19)26-14-15-7-3-2-4-8-15/h2-13H,14H2,1H3,(H2,22,23,25). The fraction of sp³-hybridized carbons (Fsp3) is 0.0952. The van der Waals surface area contributed by atoms with Crippen LogP contribution >= 0.6 is 0 Å². The molecule has 4 aromatic rings. The second kappa shape index (κ2) is 6.80. The van der Waals surface area contributed by atoms with Gasteiger partial charge in [-0.3, -0.25) is 0 Å². The van der Waals surface area contributed by atoms with Gasteiger partial charge in [-0.05, 0) is 35.9 Å². The molecule has 0 aliphatic rings. The molecule has 2 N–H and O–H groups in total. The Hall–Kier alpha value is -3.47. The minimum absolute atomic E-state index is 0.202. The molecule has 26 heavy (non-hydrogen) atoms. The lowest BCUT2D eigenvalue weighted by Gasteiger charge is -2.22. The van der Waals surface area contributed by atoms with Gasteiger partial charge in [0.1, 0.15) is 12.4 Å². The maximum Gasteiger partial charge on any atom is 0.323 e. The van der Waals surface area contributed by atoms with Crippen molar-refractivity contribution in [3.05, 3.63) is 88.8 Å². The number of nitrogens with zero attached hydrogens (tertiary/aromatic N) is 1. The number of aromatic nitrogens is 2. The maximum atomic E-state index is 11.5. The second-order valence-corrected chi connectivity index (χ2v) is 6.11. The minimum Gasteiger partial charge on any atom is -0.487 e. The normalized spacial score (nSPS) is 10.8. The highest BCUT2D eigenvalue weighted by molar-refractivity contribution is 5.81. The highest BCUT2D eigenvalue weighted by Crippen LogP contribution is 2.33. The highest BCUT2D eigenvalue weighted by atomic mass is 16.5. The Kier molecular flexibility index (Phi) is 4.19. The van der Waals surface area contributed by atoms with E-state index >= 15 is 0 Å². The molecule has 0 saturated heterocycles. The second-order valence-electron chi connectivity index (χ2n) is 6.11. The van der Waals surface area contributed by atoms with Gasteiger partial charge in [0.25, 0.3) is 0 Å². The summed E-state index contributed by atoms with van der Waals surface area (Å²) in [6.07, 6.45) is 0. The smallest absolute Gasteiger partial charge is 0.323 e. The van der Waals surface area contributed by atoms with Gasteiger partial charge in [-0.25, -0.2) is 4.79 Å². The first-order valence-electron chi connectivity index (χ1n) is 8.42. The number of hydrogen-bond donors (Lipinski definition) is 2. The van der Waals surface area contributed by atoms with Crippen LogP contribution in [0.25, 0.3) is 11.0 Å². The Morgan fingerprint density at radius 2 is 1.62 bits per heavy atom. The summed E-state index contributed by atoms with van der Waals surface area (Å²) in [4.78, 5) is 19.1. The molecular weight excluding hydrogens is 326 g/mol. The molecule has 0 spiro atoms. The van der Waals surface area contributed by atoms with Crippen LogP contribution in [0.15, 0.2) is 77.6 Å². The van der Waals surface area contributed by atoms with Crippen molar-refractivity contribution in [2.45, 2.75) is 6.61 Å². The predicted molar refractivity (Wildman–Crippen MR) is 104 cm³/mol. The minimum atomic E-state index is -0.202. The van der Waals surface area contributed by atoms with Crippen LogP contribution in [0.2, 0.25) is 0 Å². The average molecular weight is 345 g/mol. The van der Waals surface area contributed by atoms with Crippen LogP contribution in [0.1, 0.15) is 5.56 Å². The lowest BCUT2D eigenvalue weighted by Crippen LogP contribution is -2.11. The van der Waals surface area contributed by atoms with Crippen molar-refractivity contribution in [3.63, 3.8) is 0 Å². The van der Waals surface area contributed by atoms with Crippen LogP contribution < -0.4 is 15.3 Å². The van der Waals surface area contributed by atoms with E-state index in [1.165, 1.54) is 0 Å². The summed E-state index contributed by atoms with van der Waals surface area (Å²) in [6, 6.07) is 23.8. The topological polar surface area (TPSA) is 61.1 Å². The zero-order valence-corrected chi connectivity index (χ0v) is 14.4. The number of imidazole rings is 1. The fourth-order valence-electron chi connectivity index (χ4n) is 2.96. The van der Waals surface area contributed by atoms with Crippen LogP contribution in [0, 0.1) is 0 Å². The predicted octanol–water partition coefficient (Wildman–Crippen LogP) is 4.20. The number of anilines is 2. The van der Waals surface area contributed by atoms with E-state index in [1.54, 1.807) is 0 Å². The Bertz CT molecular complexity index is 1080. The van der Waals surface area contributed by atoms with E-state index in [9.17, 15) is 4.79 Å². The Morgan fingerprint density at radius 1 is 0.885 bits per heavy atom. The number of para-hydroxylation sites is 2. The van der Waals surface area contributed by atoms with Gasteiger partial charge in [-0.2, -0.15) is 0 Å². The SMILES string of the molecule is CN(c1ccc2[nH]c(=O)[nH]c2c1)c1ccccc1OCc1ccccc1. The first-order chi connectivity index (χ1) is 12.7. The summed E-state index contributed by atoms with van der Waals surface area (Å²) < 4.78 is 6.05. The summed E-state index contributed by atoms with van der Waals surface area (Å²) in [5, 5.41) is 0. The van der Waals surface area contributed by atoms with E-state index in [2.05, 4.69) is 9.97 Å². The van der Waals surface area contributed by atoms with Gasteiger partial charge in [0.05, 0.1) is 16.7 Å². The molecule has 130 valence electrons. The lowest BCUT2D eigenvalue weighted by atomic mass is 10.2. The van der Waals surface area contributed by atoms with Gasteiger partial charge in [0.2, 0.25) is 0 Å². The van der Waals surface area contributed by atoms with Gasteiger partial charge in [-0.1, -0.05) is 42.5 Å². The summed E-state index contributed by atoms with van der Waals surface area (Å²) in [7, 11) is 1.98. The number of ether oxygens (including phenoxy) is 1. The largest absolute Gasteiger partial charge is 0.487 e. The molecule has 0 aliphatic carbocycles. The number of rotatable bonds is 5. The maximum absolute atomic E-state index is 11.5. The van der Waals surface area contributed by atoms with Crippen molar-refractivity contribution in [3.8, 4) is 5.75 Å². The van der Waals surface area contributed by atoms with E-state index in [1.807, 2.05) is 84.7 Å². The van der Waals surface area contributed by atoms with Crippen LogP contribution in [-0.4, -0.2) is 17.0 Å². The van der Waals surface area contributed by atoms with Gasteiger partial charge in [-0.15, -0.1) is 0 Å². The van der Waals surface area contributed by atoms with Gasteiger partial charge < -0.3 is 19.6 Å². The molecule has 0 amide bonds. The first kappa shape index (κ1) is 16.0. The number of nitrogens with one attached hydrogen (secondary N) is 2. The number of aromatic amines is 2. The summed E-state index contributed by atoms with van der Waals surface area (Å²) in [5.41, 5.74) is 4.41. The van der Waals surface area contributed by atoms with E-state index in [0.717, 1.165) is 33.7 Å². The van der Waals surface area contributed by atoms with Gasteiger partial charge >= 0.3 is 5.69 Å². The molecule has 1 aromatic heterocycles. The Morgan fingerprint density at radius 3 is 2.46 bits per heavy atom. The van der Waals surface area contributed by atoms with Crippen LogP contribution in [-0.2, 0) is 6.61 Å².